The second-order valence-corrected chi connectivity index (χ2v) is 5.97. The number of anilines is 1. The number of rotatable bonds is 6. The largest absolute Gasteiger partial charge is 0.370 e. The average Bonchev–Trinajstić information content (AvgIpc) is 3.20. The molecule has 0 spiro atoms. The molecule has 0 unspecified atom stereocenters. The van der Waals surface area contributed by atoms with E-state index in [9.17, 15) is 4.79 Å². The monoisotopic (exact) mass is 334 g/mol. The smallest absolute Gasteiger partial charge is 0.253 e. The molecule has 1 aromatic heterocycles. The molecule has 3 rings (SSSR count). The Kier molecular flexibility index (Phi) is 5.14. The van der Waals surface area contributed by atoms with Gasteiger partial charge in [0.25, 0.3) is 5.91 Å². The molecule has 5 heteroatoms. The summed E-state index contributed by atoms with van der Waals surface area (Å²) in [7, 11) is 2.03. The van der Waals surface area contributed by atoms with E-state index in [1.54, 1.807) is 10.9 Å². The molecular weight excluding hydrogens is 312 g/mol. The van der Waals surface area contributed by atoms with E-state index < -0.39 is 0 Å². The van der Waals surface area contributed by atoms with Gasteiger partial charge in [0.1, 0.15) is 0 Å². The lowest BCUT2D eigenvalue weighted by molar-refractivity contribution is 0.0951. The molecule has 0 radical (unpaired) electrons. The van der Waals surface area contributed by atoms with Crippen LogP contribution >= 0.6 is 0 Å². The number of amides is 1. The van der Waals surface area contributed by atoms with Crippen molar-refractivity contribution in [1.82, 2.24) is 15.1 Å². The summed E-state index contributed by atoms with van der Waals surface area (Å²) in [6.45, 7) is 2.64. The van der Waals surface area contributed by atoms with E-state index >= 15 is 0 Å². The van der Waals surface area contributed by atoms with E-state index in [1.807, 2.05) is 61.8 Å². The molecule has 0 saturated carbocycles. The fraction of sp³-hybridized carbons (Fsp3) is 0.200. The summed E-state index contributed by atoms with van der Waals surface area (Å²) in [5.41, 5.74) is 2.51. The fourth-order valence-corrected chi connectivity index (χ4v) is 2.67. The van der Waals surface area contributed by atoms with E-state index in [4.69, 9.17) is 0 Å². The van der Waals surface area contributed by atoms with Crippen LogP contribution in [0.25, 0.3) is 5.69 Å². The average molecular weight is 334 g/mol. The number of nitrogens with zero attached hydrogens (tertiary/aromatic N) is 3. The lowest BCUT2D eigenvalue weighted by atomic mass is 10.1. The Morgan fingerprint density at radius 3 is 2.56 bits per heavy atom. The molecule has 5 nitrogen and oxygen atoms in total. The van der Waals surface area contributed by atoms with Gasteiger partial charge >= 0.3 is 0 Å². The highest BCUT2D eigenvalue weighted by atomic mass is 16.1. The molecule has 1 atom stereocenters. The molecule has 1 N–H and O–H groups in total. The van der Waals surface area contributed by atoms with Crippen LogP contribution in [0, 0.1) is 0 Å². The van der Waals surface area contributed by atoms with Crippen LogP contribution in [0.4, 0.5) is 5.69 Å². The Bertz CT molecular complexity index is 815. The van der Waals surface area contributed by atoms with Gasteiger partial charge in [-0.2, -0.15) is 5.10 Å². The molecule has 0 saturated heterocycles. The van der Waals surface area contributed by atoms with Crippen molar-refractivity contribution in [3.8, 4) is 5.69 Å². The summed E-state index contributed by atoms with van der Waals surface area (Å²) in [5.74, 6) is -0.0978. The number of nitrogens with one attached hydrogen (secondary N) is 1. The van der Waals surface area contributed by atoms with Crippen molar-refractivity contribution in [2.45, 2.75) is 13.0 Å². The Morgan fingerprint density at radius 1 is 1.12 bits per heavy atom. The molecule has 128 valence electrons. The lowest BCUT2D eigenvalue weighted by Crippen LogP contribution is -2.40. The molecule has 25 heavy (non-hydrogen) atoms. The maximum absolute atomic E-state index is 12.7. The van der Waals surface area contributed by atoms with Gasteiger partial charge in [-0.1, -0.05) is 30.3 Å². The molecule has 0 aliphatic heterocycles. The Morgan fingerprint density at radius 2 is 1.84 bits per heavy atom. The molecule has 0 aliphatic carbocycles. The van der Waals surface area contributed by atoms with E-state index in [2.05, 4.69) is 34.4 Å². The summed E-state index contributed by atoms with van der Waals surface area (Å²) >= 11 is 0. The third-order valence-electron chi connectivity index (χ3n) is 4.28. The quantitative estimate of drug-likeness (QED) is 0.753. The Labute approximate surface area is 147 Å². The molecule has 1 amide bonds. The summed E-state index contributed by atoms with van der Waals surface area (Å²) in [6.07, 6.45) is 3.53. The number of carbonyl (C=O) groups excluding carboxylic acids is 1. The van der Waals surface area contributed by atoms with Gasteiger partial charge in [0.05, 0.1) is 11.3 Å². The summed E-state index contributed by atoms with van der Waals surface area (Å²) in [4.78, 5) is 14.8. The second-order valence-electron chi connectivity index (χ2n) is 5.97. The third-order valence-corrected chi connectivity index (χ3v) is 4.28. The van der Waals surface area contributed by atoms with Crippen molar-refractivity contribution in [3.63, 3.8) is 0 Å². The maximum atomic E-state index is 12.7. The fourth-order valence-electron chi connectivity index (χ4n) is 2.67. The van der Waals surface area contributed by atoms with Gasteiger partial charge in [-0.05, 0) is 37.3 Å². The molecule has 1 heterocycles. The molecule has 0 bridgehead atoms. The SMILES string of the molecule is C[C@H](CNC(=O)c1ccccc1-n1cccn1)N(C)c1ccccc1. The third kappa shape index (κ3) is 3.88. The van der Waals surface area contributed by atoms with Gasteiger partial charge < -0.3 is 10.2 Å². The number of likely N-dealkylation sites (N-methyl/N-ethyl adjacent to an activating group) is 1. The summed E-state index contributed by atoms with van der Waals surface area (Å²) < 4.78 is 1.70. The first-order chi connectivity index (χ1) is 12.2. The number of para-hydroxylation sites is 2. The van der Waals surface area contributed by atoms with Gasteiger partial charge in [-0.25, -0.2) is 4.68 Å². The Balaban J connectivity index is 1.67. The maximum Gasteiger partial charge on any atom is 0.253 e. The number of carbonyl (C=O) groups is 1. The van der Waals surface area contributed by atoms with E-state index in [0.717, 1.165) is 11.4 Å². The first-order valence-electron chi connectivity index (χ1n) is 8.32. The van der Waals surface area contributed by atoms with Crippen molar-refractivity contribution < 1.29 is 4.79 Å². The van der Waals surface area contributed by atoms with Crippen LogP contribution in [-0.4, -0.2) is 35.3 Å². The van der Waals surface area contributed by atoms with Crippen LogP contribution in [0.1, 0.15) is 17.3 Å². The normalized spacial score (nSPS) is 11.8. The number of hydrogen-bond donors (Lipinski definition) is 1. The van der Waals surface area contributed by atoms with E-state index in [1.165, 1.54) is 0 Å². The first kappa shape index (κ1) is 16.8. The van der Waals surface area contributed by atoms with E-state index in [-0.39, 0.29) is 11.9 Å². The number of hydrogen-bond acceptors (Lipinski definition) is 3. The molecule has 2 aromatic carbocycles. The highest BCUT2D eigenvalue weighted by molar-refractivity contribution is 5.97. The van der Waals surface area contributed by atoms with Crippen LogP contribution in [-0.2, 0) is 0 Å². The topological polar surface area (TPSA) is 50.2 Å². The van der Waals surface area contributed by atoms with E-state index in [0.29, 0.717) is 12.1 Å². The van der Waals surface area contributed by atoms with Crippen molar-refractivity contribution in [2.24, 2.45) is 0 Å². The van der Waals surface area contributed by atoms with Crippen molar-refractivity contribution in [2.75, 3.05) is 18.5 Å². The first-order valence-corrected chi connectivity index (χ1v) is 8.32. The van der Waals surface area contributed by atoms with Crippen LogP contribution in [0.2, 0.25) is 0 Å². The second kappa shape index (κ2) is 7.66. The predicted molar refractivity (Wildman–Crippen MR) is 100 cm³/mol. The van der Waals surface area contributed by atoms with Crippen molar-refractivity contribution >= 4 is 11.6 Å². The highest BCUT2D eigenvalue weighted by Gasteiger charge is 2.15. The Hall–Kier alpha value is -3.08. The molecule has 0 aliphatic rings. The van der Waals surface area contributed by atoms with Gasteiger partial charge in [0, 0.05) is 37.7 Å². The minimum absolute atomic E-state index is 0.0978. The van der Waals surface area contributed by atoms with Gasteiger partial charge in [-0.3, -0.25) is 4.79 Å². The van der Waals surface area contributed by atoms with Crippen molar-refractivity contribution in [3.05, 3.63) is 78.6 Å². The lowest BCUT2D eigenvalue weighted by Gasteiger charge is -2.27. The zero-order chi connectivity index (χ0) is 17.6. The minimum Gasteiger partial charge on any atom is -0.370 e. The number of aromatic nitrogens is 2. The van der Waals surface area contributed by atoms with Crippen LogP contribution in [0.3, 0.4) is 0 Å². The zero-order valence-electron chi connectivity index (χ0n) is 14.5. The summed E-state index contributed by atoms with van der Waals surface area (Å²) in [5, 5.41) is 7.25. The van der Waals surface area contributed by atoms with Gasteiger partial charge in [-0.15, -0.1) is 0 Å². The molecule has 3 aromatic rings. The van der Waals surface area contributed by atoms with Crippen molar-refractivity contribution in [1.29, 1.82) is 0 Å². The van der Waals surface area contributed by atoms with Crippen LogP contribution < -0.4 is 10.2 Å². The molecule has 0 fully saturated rings. The predicted octanol–water partition coefficient (Wildman–Crippen LogP) is 3.13. The zero-order valence-corrected chi connectivity index (χ0v) is 14.5. The summed E-state index contributed by atoms with van der Waals surface area (Å²) in [6, 6.07) is 19.6. The highest BCUT2D eigenvalue weighted by Crippen LogP contribution is 2.15. The standard InChI is InChI=1S/C20H22N4O/c1-16(23(2)17-9-4-3-5-10-17)15-21-20(25)18-11-6-7-12-19(18)24-14-8-13-22-24/h3-14,16H,15H2,1-2H3,(H,21,25)/t16-/m1/s1. The van der Waals surface area contributed by atoms with Crippen LogP contribution in [0.15, 0.2) is 73.1 Å². The van der Waals surface area contributed by atoms with Crippen LogP contribution in [0.5, 0.6) is 0 Å². The molecular formula is C20H22N4O. The van der Waals surface area contributed by atoms with Gasteiger partial charge in [0.15, 0.2) is 0 Å². The number of benzene rings is 2. The van der Waals surface area contributed by atoms with Gasteiger partial charge in [0.2, 0.25) is 0 Å². The minimum atomic E-state index is -0.0978.